The van der Waals surface area contributed by atoms with E-state index in [4.69, 9.17) is 0 Å². The van der Waals surface area contributed by atoms with Crippen molar-refractivity contribution in [2.24, 2.45) is 5.41 Å². The van der Waals surface area contributed by atoms with Gasteiger partial charge in [0.2, 0.25) is 5.91 Å². The summed E-state index contributed by atoms with van der Waals surface area (Å²) < 4.78 is 0. The number of nitrogens with one attached hydrogen (secondary N) is 1. The first-order valence-electron chi connectivity index (χ1n) is 5.75. The van der Waals surface area contributed by atoms with Gasteiger partial charge < -0.3 is 5.32 Å². The second-order valence-corrected chi connectivity index (χ2v) is 5.33. The van der Waals surface area contributed by atoms with E-state index in [1.54, 1.807) is 11.8 Å². The second kappa shape index (κ2) is 4.50. The van der Waals surface area contributed by atoms with E-state index >= 15 is 0 Å². The second-order valence-electron chi connectivity index (χ2n) is 4.15. The Kier molecular flexibility index (Phi) is 3.24. The minimum absolute atomic E-state index is 0.152. The maximum Gasteiger partial charge on any atom is 0.230 e. The molecule has 1 aromatic carbocycles. The predicted molar refractivity (Wildman–Crippen MR) is 67.2 cm³/mol. The fraction of sp³-hybridized carbons (Fsp3) is 0.462. The van der Waals surface area contributed by atoms with Crippen LogP contribution in [0.5, 0.6) is 0 Å². The summed E-state index contributed by atoms with van der Waals surface area (Å²) in [5.74, 6) is 0.214. The normalized spacial score (nSPS) is 22.4. The molecular formula is C13H17NOS. The molecule has 1 N–H and O–H groups in total. The van der Waals surface area contributed by atoms with Crippen LogP contribution in [0.4, 0.5) is 0 Å². The SMILES string of the molecule is CCC1(CC)C(=O)NC1Sc1ccccc1. The van der Waals surface area contributed by atoms with Crippen LogP contribution in [0.15, 0.2) is 35.2 Å². The Balaban J connectivity index is 2.10. The molecule has 1 atom stereocenters. The van der Waals surface area contributed by atoms with E-state index in [0.29, 0.717) is 0 Å². The van der Waals surface area contributed by atoms with Crippen molar-refractivity contribution in [2.75, 3.05) is 0 Å². The monoisotopic (exact) mass is 235 g/mol. The van der Waals surface area contributed by atoms with Crippen molar-refractivity contribution in [3.05, 3.63) is 30.3 Å². The van der Waals surface area contributed by atoms with Gasteiger partial charge in [-0.25, -0.2) is 0 Å². The van der Waals surface area contributed by atoms with Crippen molar-refractivity contribution < 1.29 is 4.79 Å². The molecule has 1 amide bonds. The lowest BCUT2D eigenvalue weighted by Crippen LogP contribution is -2.64. The molecule has 1 aliphatic heterocycles. The molecule has 0 spiro atoms. The summed E-state index contributed by atoms with van der Waals surface area (Å²) in [6.07, 6.45) is 1.83. The van der Waals surface area contributed by atoms with Crippen LogP contribution < -0.4 is 5.32 Å². The molecule has 1 saturated heterocycles. The van der Waals surface area contributed by atoms with Gasteiger partial charge in [0.25, 0.3) is 0 Å². The first kappa shape index (κ1) is 11.5. The summed E-state index contributed by atoms with van der Waals surface area (Å²) in [6.45, 7) is 4.20. The van der Waals surface area contributed by atoms with E-state index in [1.807, 2.05) is 18.2 Å². The lowest BCUT2D eigenvalue weighted by Gasteiger charge is -2.47. The van der Waals surface area contributed by atoms with Crippen LogP contribution in [0, 0.1) is 5.41 Å². The molecule has 1 unspecified atom stereocenters. The van der Waals surface area contributed by atoms with E-state index in [1.165, 1.54) is 4.90 Å². The number of β-lactam (4-membered cyclic amide) rings is 1. The molecule has 0 aliphatic carbocycles. The van der Waals surface area contributed by atoms with Crippen molar-refractivity contribution in [3.8, 4) is 0 Å². The maximum absolute atomic E-state index is 11.7. The van der Waals surface area contributed by atoms with Crippen LogP contribution >= 0.6 is 11.8 Å². The zero-order valence-corrected chi connectivity index (χ0v) is 10.5. The molecule has 1 fully saturated rings. The fourth-order valence-electron chi connectivity index (χ4n) is 2.16. The number of hydrogen-bond donors (Lipinski definition) is 1. The molecule has 0 aromatic heterocycles. The van der Waals surface area contributed by atoms with E-state index in [0.717, 1.165) is 12.8 Å². The highest BCUT2D eigenvalue weighted by Gasteiger charge is 2.52. The molecule has 16 heavy (non-hydrogen) atoms. The standard InChI is InChI=1S/C13H17NOS/c1-3-13(4-2)11(15)14-12(13)16-10-8-6-5-7-9-10/h5-9,12H,3-4H2,1-2H3,(H,14,15). The Hall–Kier alpha value is -0.960. The van der Waals surface area contributed by atoms with Gasteiger partial charge in [-0.15, -0.1) is 11.8 Å². The Morgan fingerprint density at radius 3 is 2.38 bits per heavy atom. The van der Waals surface area contributed by atoms with Crippen LogP contribution in [0.3, 0.4) is 0 Å². The summed E-state index contributed by atoms with van der Waals surface area (Å²) in [6, 6.07) is 10.2. The van der Waals surface area contributed by atoms with Gasteiger partial charge in [0.05, 0.1) is 10.8 Å². The zero-order chi connectivity index (χ0) is 11.6. The Morgan fingerprint density at radius 2 is 1.88 bits per heavy atom. The lowest BCUT2D eigenvalue weighted by molar-refractivity contribution is -0.142. The van der Waals surface area contributed by atoms with Gasteiger partial charge in [0.1, 0.15) is 0 Å². The molecule has 3 heteroatoms. The lowest BCUT2D eigenvalue weighted by atomic mass is 9.75. The summed E-state index contributed by atoms with van der Waals surface area (Å²) in [5.41, 5.74) is -0.152. The summed E-state index contributed by atoms with van der Waals surface area (Å²) in [7, 11) is 0. The van der Waals surface area contributed by atoms with Crippen molar-refractivity contribution in [2.45, 2.75) is 37.0 Å². The van der Waals surface area contributed by atoms with Crippen LogP contribution in [0.1, 0.15) is 26.7 Å². The third-order valence-corrected chi connectivity index (χ3v) is 4.82. The smallest absolute Gasteiger partial charge is 0.230 e. The molecule has 0 radical (unpaired) electrons. The van der Waals surface area contributed by atoms with Crippen molar-refractivity contribution in [1.29, 1.82) is 0 Å². The Morgan fingerprint density at radius 1 is 1.25 bits per heavy atom. The first-order chi connectivity index (χ1) is 7.73. The van der Waals surface area contributed by atoms with Gasteiger partial charge in [0.15, 0.2) is 0 Å². The van der Waals surface area contributed by atoms with Crippen molar-refractivity contribution in [3.63, 3.8) is 0 Å². The van der Waals surface area contributed by atoms with Crippen molar-refractivity contribution in [1.82, 2.24) is 5.32 Å². The average Bonchev–Trinajstić information content (AvgIpc) is 2.32. The number of carbonyl (C=O) groups is 1. The Bertz CT molecular complexity index is 373. The van der Waals surface area contributed by atoms with Gasteiger partial charge in [-0.2, -0.15) is 0 Å². The predicted octanol–water partition coefficient (Wildman–Crippen LogP) is 3.04. The minimum atomic E-state index is -0.152. The molecular weight excluding hydrogens is 218 g/mol. The number of benzene rings is 1. The maximum atomic E-state index is 11.7. The molecule has 86 valence electrons. The topological polar surface area (TPSA) is 29.1 Å². The van der Waals surface area contributed by atoms with E-state index in [2.05, 4.69) is 31.3 Å². The van der Waals surface area contributed by atoms with Gasteiger partial charge in [0, 0.05) is 4.90 Å². The first-order valence-corrected chi connectivity index (χ1v) is 6.63. The van der Waals surface area contributed by atoms with Crippen molar-refractivity contribution >= 4 is 17.7 Å². The molecule has 2 rings (SSSR count). The van der Waals surface area contributed by atoms with E-state index < -0.39 is 0 Å². The molecule has 2 nitrogen and oxygen atoms in total. The molecule has 1 aliphatic rings. The van der Waals surface area contributed by atoms with Gasteiger partial charge in [-0.05, 0) is 25.0 Å². The molecule has 0 bridgehead atoms. The molecule has 1 heterocycles. The van der Waals surface area contributed by atoms with E-state index in [-0.39, 0.29) is 16.7 Å². The van der Waals surface area contributed by atoms with Crippen LogP contribution in [0.25, 0.3) is 0 Å². The number of hydrogen-bond acceptors (Lipinski definition) is 2. The molecule has 0 saturated carbocycles. The summed E-state index contributed by atoms with van der Waals surface area (Å²) >= 11 is 1.76. The van der Waals surface area contributed by atoms with Gasteiger partial charge in [-0.1, -0.05) is 32.0 Å². The summed E-state index contributed by atoms with van der Waals surface area (Å²) in [4.78, 5) is 12.9. The highest BCUT2D eigenvalue weighted by molar-refractivity contribution is 8.00. The number of thioether (sulfide) groups is 1. The van der Waals surface area contributed by atoms with Gasteiger partial charge >= 0.3 is 0 Å². The quantitative estimate of drug-likeness (QED) is 0.813. The van der Waals surface area contributed by atoms with Gasteiger partial charge in [-0.3, -0.25) is 4.79 Å². The Labute approximate surface area is 101 Å². The fourth-order valence-corrected chi connectivity index (χ4v) is 3.58. The number of carbonyl (C=O) groups excluding carboxylic acids is 1. The highest BCUT2D eigenvalue weighted by atomic mass is 32.2. The highest BCUT2D eigenvalue weighted by Crippen LogP contribution is 2.45. The number of amides is 1. The third kappa shape index (κ3) is 1.73. The largest absolute Gasteiger partial charge is 0.342 e. The molecule has 1 aromatic rings. The van der Waals surface area contributed by atoms with Crippen LogP contribution in [-0.2, 0) is 4.79 Å². The zero-order valence-electron chi connectivity index (χ0n) is 9.69. The minimum Gasteiger partial charge on any atom is -0.342 e. The summed E-state index contributed by atoms with van der Waals surface area (Å²) in [5, 5.41) is 3.24. The van der Waals surface area contributed by atoms with E-state index in [9.17, 15) is 4.79 Å². The third-order valence-electron chi connectivity index (χ3n) is 3.48. The average molecular weight is 235 g/mol. The van der Waals surface area contributed by atoms with Crippen LogP contribution in [-0.4, -0.2) is 11.3 Å². The number of rotatable bonds is 4. The van der Waals surface area contributed by atoms with Crippen LogP contribution in [0.2, 0.25) is 0 Å².